The zero-order valence-electron chi connectivity index (χ0n) is 12.0. The zero-order chi connectivity index (χ0) is 14.8. The standard InChI is InChI=1S/C18H20N2O/c21-18(13-7-12-16-8-3-1-4-9-16)20-19-15-14-17-10-5-2-6-11-17/h1-6,8-11,15H,7,12-14H2,(H,20,21)/b19-15+. The van der Waals surface area contributed by atoms with Crippen molar-refractivity contribution in [2.45, 2.75) is 25.7 Å². The maximum absolute atomic E-state index is 11.6. The van der Waals surface area contributed by atoms with E-state index in [1.54, 1.807) is 6.21 Å². The van der Waals surface area contributed by atoms with Crippen molar-refractivity contribution in [3.8, 4) is 0 Å². The van der Waals surface area contributed by atoms with E-state index >= 15 is 0 Å². The molecule has 1 N–H and O–H groups in total. The molecule has 0 aliphatic carbocycles. The van der Waals surface area contributed by atoms with Gasteiger partial charge in [-0.3, -0.25) is 4.79 Å². The van der Waals surface area contributed by atoms with E-state index in [1.165, 1.54) is 11.1 Å². The first-order valence-corrected chi connectivity index (χ1v) is 7.23. The van der Waals surface area contributed by atoms with E-state index in [4.69, 9.17) is 0 Å². The first-order valence-electron chi connectivity index (χ1n) is 7.23. The summed E-state index contributed by atoms with van der Waals surface area (Å²) >= 11 is 0. The van der Waals surface area contributed by atoms with Crippen LogP contribution in [-0.4, -0.2) is 12.1 Å². The van der Waals surface area contributed by atoms with Crippen molar-refractivity contribution < 1.29 is 4.79 Å². The molecule has 0 saturated heterocycles. The van der Waals surface area contributed by atoms with E-state index in [-0.39, 0.29) is 5.91 Å². The third kappa shape index (κ3) is 6.04. The molecule has 0 bridgehead atoms. The van der Waals surface area contributed by atoms with E-state index in [0.717, 1.165) is 19.3 Å². The molecule has 0 heterocycles. The van der Waals surface area contributed by atoms with E-state index in [1.807, 2.05) is 48.5 Å². The van der Waals surface area contributed by atoms with Gasteiger partial charge in [0.1, 0.15) is 0 Å². The van der Waals surface area contributed by atoms with Crippen molar-refractivity contribution in [1.29, 1.82) is 0 Å². The molecule has 21 heavy (non-hydrogen) atoms. The van der Waals surface area contributed by atoms with Crippen molar-refractivity contribution in [2.75, 3.05) is 0 Å². The fourth-order valence-corrected chi connectivity index (χ4v) is 2.04. The summed E-state index contributed by atoms with van der Waals surface area (Å²) in [6, 6.07) is 20.2. The Labute approximate surface area is 125 Å². The highest BCUT2D eigenvalue weighted by Gasteiger charge is 1.99. The highest BCUT2D eigenvalue weighted by molar-refractivity contribution is 5.76. The van der Waals surface area contributed by atoms with Gasteiger partial charge in [-0.05, 0) is 24.0 Å². The van der Waals surface area contributed by atoms with Gasteiger partial charge in [0, 0.05) is 19.1 Å². The molecule has 2 aromatic carbocycles. The highest BCUT2D eigenvalue weighted by atomic mass is 16.2. The van der Waals surface area contributed by atoms with Crippen LogP contribution < -0.4 is 5.43 Å². The van der Waals surface area contributed by atoms with Crippen molar-refractivity contribution in [2.24, 2.45) is 5.10 Å². The number of aryl methyl sites for hydroxylation is 1. The Bertz CT molecular complexity index is 564. The van der Waals surface area contributed by atoms with Gasteiger partial charge in [-0.2, -0.15) is 5.10 Å². The SMILES string of the molecule is O=C(CCCc1ccccc1)N/N=C/Cc1ccccc1. The van der Waals surface area contributed by atoms with Gasteiger partial charge in [0.2, 0.25) is 5.91 Å². The Morgan fingerprint density at radius 1 is 0.952 bits per heavy atom. The van der Waals surface area contributed by atoms with Crippen LogP contribution in [0.25, 0.3) is 0 Å². The quantitative estimate of drug-likeness (QED) is 0.613. The molecule has 3 heteroatoms. The van der Waals surface area contributed by atoms with Crippen LogP contribution in [0.1, 0.15) is 24.0 Å². The third-order valence-corrected chi connectivity index (χ3v) is 3.16. The summed E-state index contributed by atoms with van der Waals surface area (Å²) in [6.45, 7) is 0. The summed E-state index contributed by atoms with van der Waals surface area (Å²) in [6.07, 6.45) is 4.71. The van der Waals surface area contributed by atoms with Crippen LogP contribution >= 0.6 is 0 Å². The number of nitrogens with zero attached hydrogens (tertiary/aromatic N) is 1. The Morgan fingerprint density at radius 2 is 1.57 bits per heavy atom. The fourth-order valence-electron chi connectivity index (χ4n) is 2.04. The zero-order valence-corrected chi connectivity index (χ0v) is 12.0. The molecule has 0 aromatic heterocycles. The molecule has 0 aliphatic heterocycles. The first kappa shape index (κ1) is 15.0. The molecule has 3 nitrogen and oxygen atoms in total. The molecule has 2 aromatic rings. The van der Waals surface area contributed by atoms with Gasteiger partial charge >= 0.3 is 0 Å². The van der Waals surface area contributed by atoms with Gasteiger partial charge in [0.05, 0.1) is 0 Å². The maximum Gasteiger partial charge on any atom is 0.240 e. The largest absolute Gasteiger partial charge is 0.273 e. The Morgan fingerprint density at radius 3 is 2.24 bits per heavy atom. The minimum absolute atomic E-state index is 0.0322. The average Bonchev–Trinajstić information content (AvgIpc) is 2.54. The maximum atomic E-state index is 11.6. The lowest BCUT2D eigenvalue weighted by atomic mass is 10.1. The van der Waals surface area contributed by atoms with Gasteiger partial charge in [0.25, 0.3) is 0 Å². The number of benzene rings is 2. The second-order valence-electron chi connectivity index (χ2n) is 4.88. The van der Waals surface area contributed by atoms with Crippen molar-refractivity contribution >= 4 is 12.1 Å². The van der Waals surface area contributed by atoms with Gasteiger partial charge in [-0.25, -0.2) is 5.43 Å². The lowest BCUT2D eigenvalue weighted by molar-refractivity contribution is -0.121. The van der Waals surface area contributed by atoms with Crippen LogP contribution in [0.15, 0.2) is 65.8 Å². The van der Waals surface area contributed by atoms with E-state index in [2.05, 4.69) is 22.7 Å². The number of carbonyl (C=O) groups excluding carboxylic acids is 1. The molecule has 0 radical (unpaired) electrons. The average molecular weight is 280 g/mol. The number of nitrogens with one attached hydrogen (secondary N) is 1. The molecule has 0 fully saturated rings. The van der Waals surface area contributed by atoms with Crippen LogP contribution in [0.5, 0.6) is 0 Å². The topological polar surface area (TPSA) is 41.5 Å². The summed E-state index contributed by atoms with van der Waals surface area (Å²) < 4.78 is 0. The van der Waals surface area contributed by atoms with Crippen LogP contribution in [-0.2, 0) is 17.6 Å². The van der Waals surface area contributed by atoms with Gasteiger partial charge in [-0.15, -0.1) is 0 Å². The second kappa shape index (κ2) is 8.69. The predicted molar refractivity (Wildman–Crippen MR) is 86.2 cm³/mol. The summed E-state index contributed by atoms with van der Waals surface area (Å²) in [5.74, 6) is -0.0322. The molecule has 1 amide bonds. The molecule has 0 aliphatic rings. The lowest BCUT2D eigenvalue weighted by Gasteiger charge is -2.01. The Kier molecular flexibility index (Phi) is 6.20. The second-order valence-corrected chi connectivity index (χ2v) is 4.88. The molecule has 0 atom stereocenters. The predicted octanol–water partition coefficient (Wildman–Crippen LogP) is 3.35. The first-order chi connectivity index (χ1) is 10.3. The lowest BCUT2D eigenvalue weighted by Crippen LogP contribution is -2.17. The van der Waals surface area contributed by atoms with Crippen LogP contribution in [0.2, 0.25) is 0 Å². The van der Waals surface area contributed by atoms with Crippen LogP contribution in [0.3, 0.4) is 0 Å². The Hall–Kier alpha value is -2.42. The van der Waals surface area contributed by atoms with E-state index in [0.29, 0.717) is 6.42 Å². The van der Waals surface area contributed by atoms with Gasteiger partial charge in [0.15, 0.2) is 0 Å². The summed E-state index contributed by atoms with van der Waals surface area (Å²) in [7, 11) is 0. The third-order valence-electron chi connectivity index (χ3n) is 3.16. The smallest absolute Gasteiger partial charge is 0.240 e. The summed E-state index contributed by atoms with van der Waals surface area (Å²) in [5.41, 5.74) is 5.01. The summed E-state index contributed by atoms with van der Waals surface area (Å²) in [4.78, 5) is 11.6. The minimum atomic E-state index is -0.0322. The van der Waals surface area contributed by atoms with Crippen LogP contribution in [0.4, 0.5) is 0 Å². The normalized spacial score (nSPS) is 10.7. The van der Waals surface area contributed by atoms with Crippen molar-refractivity contribution in [3.05, 3.63) is 71.8 Å². The molecule has 2 rings (SSSR count). The minimum Gasteiger partial charge on any atom is -0.273 e. The summed E-state index contributed by atoms with van der Waals surface area (Å²) in [5, 5.41) is 3.97. The molecular formula is C18H20N2O. The van der Waals surface area contributed by atoms with Gasteiger partial charge in [-0.1, -0.05) is 60.7 Å². The molecule has 0 spiro atoms. The van der Waals surface area contributed by atoms with Crippen LogP contribution in [0, 0.1) is 0 Å². The number of rotatable bonds is 7. The molecular weight excluding hydrogens is 260 g/mol. The van der Waals surface area contributed by atoms with Crippen molar-refractivity contribution in [1.82, 2.24) is 5.43 Å². The Balaban J connectivity index is 1.61. The van der Waals surface area contributed by atoms with E-state index in [9.17, 15) is 4.79 Å². The molecule has 0 saturated carbocycles. The molecule has 0 unspecified atom stereocenters. The molecule has 108 valence electrons. The van der Waals surface area contributed by atoms with Crippen molar-refractivity contribution in [3.63, 3.8) is 0 Å². The number of hydrogen-bond acceptors (Lipinski definition) is 2. The number of amides is 1. The van der Waals surface area contributed by atoms with Gasteiger partial charge < -0.3 is 0 Å². The monoisotopic (exact) mass is 280 g/mol. The fraction of sp³-hybridized carbons (Fsp3) is 0.222. The van der Waals surface area contributed by atoms with E-state index < -0.39 is 0 Å². The number of carbonyl (C=O) groups is 1. The number of hydrazone groups is 1. The highest BCUT2D eigenvalue weighted by Crippen LogP contribution is 2.04. The number of hydrogen-bond donors (Lipinski definition) is 1.